The first-order valence-corrected chi connectivity index (χ1v) is 7.72. The normalized spacial score (nSPS) is 23.7. The fourth-order valence-electron chi connectivity index (χ4n) is 2.39. The number of nitrogens with one attached hydrogen (secondary N) is 1. The molecular weight excluding hydrogens is 268 g/mol. The lowest BCUT2D eigenvalue weighted by Gasteiger charge is -2.10. The third-order valence-electron chi connectivity index (χ3n) is 3.35. The zero-order valence-electron chi connectivity index (χ0n) is 10.1. The predicted molar refractivity (Wildman–Crippen MR) is 76.6 cm³/mol. The lowest BCUT2D eigenvalue weighted by Crippen LogP contribution is -2.16. The summed E-state index contributed by atoms with van der Waals surface area (Å²) in [5, 5.41) is 9.25. The molecule has 18 heavy (non-hydrogen) atoms. The molecule has 1 fully saturated rings. The molecule has 3 rings (SSSR count). The summed E-state index contributed by atoms with van der Waals surface area (Å²) in [5.74, 6) is 0.698. The van der Waals surface area contributed by atoms with Gasteiger partial charge in [-0.05, 0) is 37.7 Å². The number of thioether (sulfide) groups is 1. The summed E-state index contributed by atoms with van der Waals surface area (Å²) in [5.41, 5.74) is 0.821. The molecule has 2 aromatic heterocycles. The van der Waals surface area contributed by atoms with E-state index in [0.29, 0.717) is 17.0 Å². The fourth-order valence-corrected chi connectivity index (χ4v) is 3.34. The first-order chi connectivity index (χ1) is 8.74. The predicted octanol–water partition coefficient (Wildman–Crippen LogP) is 3.08. The highest BCUT2D eigenvalue weighted by Crippen LogP contribution is 2.29. The van der Waals surface area contributed by atoms with Gasteiger partial charge in [0.05, 0.1) is 5.02 Å². The van der Waals surface area contributed by atoms with E-state index in [1.807, 2.05) is 23.9 Å². The van der Waals surface area contributed by atoms with Gasteiger partial charge in [0.25, 0.3) is 0 Å². The SMILES string of the molecule is CSC1CCC(Nc2nc3ccc(Cl)cn3n2)C1. The van der Waals surface area contributed by atoms with Gasteiger partial charge in [0.1, 0.15) is 0 Å². The Balaban J connectivity index is 1.75. The molecule has 2 aromatic rings. The second-order valence-electron chi connectivity index (χ2n) is 4.60. The average Bonchev–Trinajstić information content (AvgIpc) is 2.95. The van der Waals surface area contributed by atoms with Crippen molar-refractivity contribution < 1.29 is 0 Å². The zero-order chi connectivity index (χ0) is 12.5. The highest BCUT2D eigenvalue weighted by molar-refractivity contribution is 7.99. The number of hydrogen-bond acceptors (Lipinski definition) is 4. The zero-order valence-corrected chi connectivity index (χ0v) is 11.7. The van der Waals surface area contributed by atoms with Crippen molar-refractivity contribution in [3.8, 4) is 0 Å². The molecule has 2 heterocycles. The van der Waals surface area contributed by atoms with Crippen molar-refractivity contribution in [1.29, 1.82) is 0 Å². The van der Waals surface area contributed by atoms with Gasteiger partial charge in [0, 0.05) is 17.5 Å². The van der Waals surface area contributed by atoms with Crippen molar-refractivity contribution in [3.63, 3.8) is 0 Å². The molecule has 0 bridgehead atoms. The van der Waals surface area contributed by atoms with Crippen LogP contribution in [0.3, 0.4) is 0 Å². The molecule has 4 nitrogen and oxygen atoms in total. The van der Waals surface area contributed by atoms with E-state index in [1.54, 1.807) is 10.7 Å². The van der Waals surface area contributed by atoms with Gasteiger partial charge in [-0.15, -0.1) is 5.10 Å². The molecular formula is C12H15ClN4S. The maximum absolute atomic E-state index is 5.92. The summed E-state index contributed by atoms with van der Waals surface area (Å²) in [6, 6.07) is 4.20. The van der Waals surface area contributed by atoms with E-state index >= 15 is 0 Å². The second kappa shape index (κ2) is 4.97. The van der Waals surface area contributed by atoms with Crippen LogP contribution in [0.4, 0.5) is 5.95 Å². The van der Waals surface area contributed by atoms with Gasteiger partial charge >= 0.3 is 0 Å². The Bertz CT molecular complexity index is 556. The molecule has 2 atom stereocenters. The number of nitrogens with zero attached hydrogens (tertiary/aromatic N) is 3. The van der Waals surface area contributed by atoms with E-state index in [4.69, 9.17) is 11.6 Å². The number of fused-ring (bicyclic) bond motifs is 1. The molecule has 0 radical (unpaired) electrons. The number of aromatic nitrogens is 3. The van der Waals surface area contributed by atoms with Gasteiger partial charge in [-0.3, -0.25) is 0 Å². The van der Waals surface area contributed by atoms with Crippen LogP contribution in [0.2, 0.25) is 5.02 Å². The minimum Gasteiger partial charge on any atom is -0.350 e. The summed E-state index contributed by atoms with van der Waals surface area (Å²) < 4.78 is 1.71. The van der Waals surface area contributed by atoms with Crippen LogP contribution in [0.1, 0.15) is 19.3 Å². The van der Waals surface area contributed by atoms with E-state index in [9.17, 15) is 0 Å². The molecule has 1 aliphatic rings. The number of anilines is 1. The van der Waals surface area contributed by atoms with Crippen molar-refractivity contribution in [3.05, 3.63) is 23.4 Å². The van der Waals surface area contributed by atoms with Gasteiger partial charge in [-0.1, -0.05) is 11.6 Å². The molecule has 0 amide bonds. The van der Waals surface area contributed by atoms with Gasteiger partial charge in [0.2, 0.25) is 5.95 Å². The van der Waals surface area contributed by atoms with Crippen molar-refractivity contribution in [2.24, 2.45) is 0 Å². The summed E-state index contributed by atoms with van der Waals surface area (Å²) in [4.78, 5) is 4.44. The van der Waals surface area contributed by atoms with Crippen LogP contribution >= 0.6 is 23.4 Å². The van der Waals surface area contributed by atoms with Crippen LogP contribution in [-0.4, -0.2) is 32.1 Å². The minimum absolute atomic E-state index is 0.496. The van der Waals surface area contributed by atoms with E-state index < -0.39 is 0 Å². The molecule has 0 aromatic carbocycles. The van der Waals surface area contributed by atoms with Crippen LogP contribution in [-0.2, 0) is 0 Å². The molecule has 0 spiro atoms. The Morgan fingerprint density at radius 1 is 1.44 bits per heavy atom. The van der Waals surface area contributed by atoms with E-state index in [0.717, 1.165) is 10.9 Å². The molecule has 96 valence electrons. The molecule has 0 aliphatic heterocycles. The van der Waals surface area contributed by atoms with E-state index in [1.165, 1.54) is 19.3 Å². The Morgan fingerprint density at radius 2 is 2.33 bits per heavy atom. The van der Waals surface area contributed by atoms with Gasteiger partial charge in [-0.2, -0.15) is 16.7 Å². The fraction of sp³-hybridized carbons (Fsp3) is 0.500. The Morgan fingerprint density at radius 3 is 3.11 bits per heavy atom. The third-order valence-corrected chi connectivity index (χ3v) is 4.66. The highest BCUT2D eigenvalue weighted by Gasteiger charge is 2.24. The summed E-state index contributed by atoms with van der Waals surface area (Å²) in [6.07, 6.45) is 7.62. The first kappa shape index (κ1) is 12.1. The standard InChI is InChI=1S/C12H15ClN4S/c1-18-10-4-3-9(6-10)14-12-15-11-5-2-8(13)7-17(11)16-12/h2,5,7,9-10H,3-4,6H2,1H3,(H,14,16). The number of halogens is 1. The largest absolute Gasteiger partial charge is 0.350 e. The molecule has 1 saturated carbocycles. The number of hydrogen-bond donors (Lipinski definition) is 1. The van der Waals surface area contributed by atoms with Crippen LogP contribution in [0.25, 0.3) is 5.65 Å². The van der Waals surface area contributed by atoms with Crippen molar-refractivity contribution in [2.45, 2.75) is 30.6 Å². The minimum atomic E-state index is 0.496. The quantitative estimate of drug-likeness (QED) is 0.939. The Kier molecular flexibility index (Phi) is 3.35. The maximum Gasteiger partial charge on any atom is 0.243 e. The van der Waals surface area contributed by atoms with Crippen molar-refractivity contribution >= 4 is 35.0 Å². The topological polar surface area (TPSA) is 42.2 Å². The smallest absolute Gasteiger partial charge is 0.243 e. The van der Waals surface area contributed by atoms with Crippen LogP contribution < -0.4 is 5.32 Å². The average molecular weight is 283 g/mol. The van der Waals surface area contributed by atoms with E-state index in [-0.39, 0.29) is 0 Å². The number of rotatable bonds is 3. The van der Waals surface area contributed by atoms with Crippen LogP contribution in [0.15, 0.2) is 18.3 Å². The molecule has 1 aliphatic carbocycles. The van der Waals surface area contributed by atoms with Crippen LogP contribution in [0, 0.1) is 0 Å². The number of pyridine rings is 1. The molecule has 0 saturated heterocycles. The van der Waals surface area contributed by atoms with Gasteiger partial charge in [-0.25, -0.2) is 4.52 Å². The summed E-state index contributed by atoms with van der Waals surface area (Å²) in [7, 11) is 0. The van der Waals surface area contributed by atoms with Gasteiger partial charge in [0.15, 0.2) is 5.65 Å². The van der Waals surface area contributed by atoms with Crippen molar-refractivity contribution in [2.75, 3.05) is 11.6 Å². The van der Waals surface area contributed by atoms with E-state index in [2.05, 4.69) is 21.7 Å². The van der Waals surface area contributed by atoms with Crippen LogP contribution in [0.5, 0.6) is 0 Å². The maximum atomic E-state index is 5.92. The Hall–Kier alpha value is -0.940. The molecule has 1 N–H and O–H groups in total. The molecule has 2 unspecified atom stereocenters. The first-order valence-electron chi connectivity index (χ1n) is 6.06. The highest BCUT2D eigenvalue weighted by atomic mass is 35.5. The summed E-state index contributed by atoms with van der Waals surface area (Å²) in [6.45, 7) is 0. The summed E-state index contributed by atoms with van der Waals surface area (Å²) >= 11 is 7.87. The lowest BCUT2D eigenvalue weighted by atomic mass is 10.2. The molecule has 6 heteroatoms. The Labute approximate surface area is 115 Å². The third kappa shape index (κ3) is 2.42. The van der Waals surface area contributed by atoms with Gasteiger partial charge < -0.3 is 5.32 Å². The lowest BCUT2D eigenvalue weighted by molar-refractivity contribution is 0.744. The van der Waals surface area contributed by atoms with Crippen molar-refractivity contribution in [1.82, 2.24) is 14.6 Å². The second-order valence-corrected chi connectivity index (χ2v) is 6.17. The monoisotopic (exact) mass is 282 g/mol.